The molecule has 1 aromatic rings. The van der Waals surface area contributed by atoms with Gasteiger partial charge in [0.2, 0.25) is 0 Å². The monoisotopic (exact) mass is 392 g/mol. The Morgan fingerprint density at radius 1 is 1.65 bits per heavy atom. The van der Waals surface area contributed by atoms with Crippen LogP contribution in [0.1, 0.15) is 27.0 Å². The number of aliphatic hydroxyl groups excluding tert-OH is 2. The van der Waals surface area contributed by atoms with E-state index in [2.05, 4.69) is 4.98 Å². The first-order valence-electron chi connectivity index (χ1n) is 8.34. The van der Waals surface area contributed by atoms with Gasteiger partial charge in [-0.05, 0) is 12.8 Å². The Labute approximate surface area is 154 Å². The van der Waals surface area contributed by atoms with Crippen LogP contribution >= 0.6 is 12.2 Å². The van der Waals surface area contributed by atoms with Crippen LogP contribution in [-0.4, -0.2) is 56.4 Å². The second kappa shape index (κ2) is 7.53. The lowest BCUT2D eigenvalue weighted by molar-refractivity contribution is -0.217. The second-order valence-corrected chi connectivity index (χ2v) is 6.84. The third kappa shape index (κ3) is 3.86. The predicted octanol–water partition coefficient (Wildman–Crippen LogP) is -0.343. The first-order chi connectivity index (χ1) is 12.3. The van der Waals surface area contributed by atoms with Gasteiger partial charge in [-0.15, -0.1) is 0 Å². The maximum atomic E-state index is 15.1. The topological polar surface area (TPSA) is 140 Å². The van der Waals surface area contributed by atoms with Gasteiger partial charge >= 0.3 is 11.7 Å². The number of hydrogen-bond acceptors (Lipinski definition) is 8. The van der Waals surface area contributed by atoms with Gasteiger partial charge in [0.25, 0.3) is 5.85 Å². The zero-order valence-corrected chi connectivity index (χ0v) is 15.2. The molecule has 0 spiro atoms. The predicted molar refractivity (Wildman–Crippen MR) is 90.4 cm³/mol. The minimum absolute atomic E-state index is 0.0935. The Bertz CT molecular complexity index is 848. The smallest absolute Gasteiger partial charge is 0.328 e. The standard InChI is InChI=1S/C15H22FN3O6S/c1-6(2)8(17)13(22)24-5-15(16)10(21)9(20)12(25-15)19-4-7(3)11(26)18-14(19)23/h4,6,8-10,12,20-21H,5,17H2,1-3H3,(H,18,23,26)/t8-,9+,10-,12+,15+/m0/s1/i12D. The number of esters is 1. The molecule has 0 saturated carbocycles. The normalized spacial score (nSPS) is 33.2. The van der Waals surface area contributed by atoms with Crippen LogP contribution in [0.25, 0.3) is 0 Å². The molecule has 0 unspecified atom stereocenters. The molecule has 0 amide bonds. The van der Waals surface area contributed by atoms with Crippen molar-refractivity contribution in [2.75, 3.05) is 6.61 Å². The van der Waals surface area contributed by atoms with E-state index in [0.717, 1.165) is 6.20 Å². The van der Waals surface area contributed by atoms with Crippen LogP contribution in [-0.2, 0) is 14.3 Å². The molecule has 1 aliphatic heterocycles. The molecule has 26 heavy (non-hydrogen) atoms. The number of nitrogens with one attached hydrogen (secondary N) is 1. The van der Waals surface area contributed by atoms with Gasteiger partial charge < -0.3 is 25.4 Å². The number of carbonyl (C=O) groups is 1. The number of hydrogen-bond donors (Lipinski definition) is 4. The van der Waals surface area contributed by atoms with E-state index in [0.29, 0.717) is 10.1 Å². The van der Waals surface area contributed by atoms with E-state index in [1.54, 1.807) is 13.8 Å². The third-order valence-electron chi connectivity index (χ3n) is 4.03. The number of ether oxygens (including phenoxy) is 2. The van der Waals surface area contributed by atoms with E-state index in [-0.39, 0.29) is 10.6 Å². The summed E-state index contributed by atoms with van der Waals surface area (Å²) in [5.74, 6) is -4.35. The van der Waals surface area contributed by atoms with Gasteiger partial charge in [-0.2, -0.15) is 0 Å². The first-order valence-corrected chi connectivity index (χ1v) is 8.25. The van der Waals surface area contributed by atoms with Crippen molar-refractivity contribution in [3.05, 3.63) is 26.9 Å². The number of halogens is 1. The highest BCUT2D eigenvalue weighted by Crippen LogP contribution is 2.38. The fourth-order valence-electron chi connectivity index (χ4n) is 2.24. The molecule has 0 aliphatic carbocycles. The summed E-state index contributed by atoms with van der Waals surface area (Å²) < 4.78 is 33.6. The van der Waals surface area contributed by atoms with Crippen molar-refractivity contribution in [3.63, 3.8) is 0 Å². The van der Waals surface area contributed by atoms with Crippen molar-refractivity contribution in [2.45, 2.75) is 51.1 Å². The van der Waals surface area contributed by atoms with Crippen molar-refractivity contribution in [3.8, 4) is 0 Å². The molecule has 1 saturated heterocycles. The summed E-state index contributed by atoms with van der Waals surface area (Å²) >= 11 is 4.90. The van der Waals surface area contributed by atoms with Crippen molar-refractivity contribution in [2.24, 2.45) is 11.7 Å². The molecule has 11 heteroatoms. The number of alkyl halides is 1. The average Bonchev–Trinajstić information content (AvgIpc) is 2.76. The average molecular weight is 392 g/mol. The number of aryl methyl sites for hydroxylation is 1. The zero-order valence-electron chi connectivity index (χ0n) is 15.4. The first kappa shape index (κ1) is 19.1. The van der Waals surface area contributed by atoms with Gasteiger partial charge in [0, 0.05) is 11.8 Å². The fraction of sp³-hybridized carbons (Fsp3) is 0.667. The maximum Gasteiger partial charge on any atom is 0.328 e. The van der Waals surface area contributed by atoms with E-state index in [1.807, 2.05) is 0 Å². The Balaban J connectivity index is 2.31. The van der Waals surface area contributed by atoms with Crippen LogP contribution in [0.4, 0.5) is 4.39 Å². The molecule has 5 N–H and O–H groups in total. The SMILES string of the molecule is [2H][C@@]1(n2cc(C)c(=S)[nH]c2=O)O[C@](F)(COC(=O)[C@@H](N)C(C)C)[C@@H](O)[C@H]1O. The summed E-state index contributed by atoms with van der Waals surface area (Å²) in [6, 6.07) is -1.03. The summed E-state index contributed by atoms with van der Waals surface area (Å²) in [5.41, 5.74) is 5.00. The Morgan fingerprint density at radius 3 is 2.85 bits per heavy atom. The molecular formula is C15H22FN3O6S. The van der Waals surface area contributed by atoms with Crippen LogP contribution in [0.3, 0.4) is 0 Å². The minimum atomic E-state index is -3.13. The molecule has 1 aromatic heterocycles. The molecule has 2 heterocycles. The minimum Gasteiger partial charge on any atom is -0.458 e. The number of H-pyrrole nitrogens is 1. The molecule has 0 aromatic carbocycles. The van der Waals surface area contributed by atoms with E-state index in [4.69, 9.17) is 28.8 Å². The van der Waals surface area contributed by atoms with E-state index in [1.165, 1.54) is 6.92 Å². The van der Waals surface area contributed by atoms with Gasteiger partial charge in [-0.25, -0.2) is 9.18 Å². The molecule has 2 rings (SSSR count). The van der Waals surface area contributed by atoms with Crippen molar-refractivity contribution >= 4 is 18.2 Å². The van der Waals surface area contributed by atoms with Crippen LogP contribution in [0.5, 0.6) is 0 Å². The number of aliphatic hydroxyl groups is 2. The summed E-state index contributed by atoms with van der Waals surface area (Å²) in [7, 11) is 0. The molecule has 0 radical (unpaired) electrons. The van der Waals surface area contributed by atoms with Gasteiger partial charge in [-0.3, -0.25) is 14.3 Å². The van der Waals surface area contributed by atoms with Crippen molar-refractivity contribution in [1.29, 1.82) is 0 Å². The Hall–Kier alpha value is -1.66. The Morgan fingerprint density at radius 2 is 2.27 bits per heavy atom. The van der Waals surface area contributed by atoms with E-state index >= 15 is 4.39 Å². The van der Waals surface area contributed by atoms with E-state index < -0.39 is 48.6 Å². The number of aromatic amines is 1. The van der Waals surface area contributed by atoms with Gasteiger partial charge in [0.15, 0.2) is 12.8 Å². The van der Waals surface area contributed by atoms with Crippen molar-refractivity contribution in [1.82, 2.24) is 9.55 Å². The maximum absolute atomic E-state index is 15.1. The fourth-order valence-corrected chi connectivity index (χ4v) is 2.38. The number of nitrogens with two attached hydrogens (primary N) is 1. The summed E-state index contributed by atoms with van der Waals surface area (Å²) in [6.45, 7) is 3.71. The van der Waals surface area contributed by atoms with Crippen LogP contribution in [0.15, 0.2) is 11.0 Å². The van der Waals surface area contributed by atoms with Gasteiger partial charge in [0.1, 0.15) is 22.9 Å². The number of aromatic nitrogens is 2. The summed E-state index contributed by atoms with van der Waals surface area (Å²) in [6.07, 6.45) is -6.06. The second-order valence-electron chi connectivity index (χ2n) is 6.44. The van der Waals surface area contributed by atoms with Gasteiger partial charge in [-0.1, -0.05) is 26.1 Å². The lowest BCUT2D eigenvalue weighted by Gasteiger charge is -2.24. The van der Waals surface area contributed by atoms with Crippen LogP contribution in [0.2, 0.25) is 0 Å². The lowest BCUT2D eigenvalue weighted by Crippen LogP contribution is -2.46. The largest absolute Gasteiger partial charge is 0.458 e. The highest BCUT2D eigenvalue weighted by Gasteiger charge is 2.57. The van der Waals surface area contributed by atoms with Crippen LogP contribution < -0.4 is 11.4 Å². The lowest BCUT2D eigenvalue weighted by atomic mass is 10.1. The summed E-state index contributed by atoms with van der Waals surface area (Å²) in [5, 5.41) is 20.2. The number of rotatable bonds is 5. The molecule has 1 fully saturated rings. The Kier molecular flexibility index (Phi) is 5.53. The van der Waals surface area contributed by atoms with Gasteiger partial charge in [0.05, 0.1) is 1.37 Å². The van der Waals surface area contributed by atoms with E-state index in [9.17, 15) is 19.8 Å². The quantitative estimate of drug-likeness (QED) is 0.394. The summed E-state index contributed by atoms with van der Waals surface area (Å²) in [4.78, 5) is 26.2. The number of carbonyl (C=O) groups excluding carboxylic acids is 1. The zero-order chi connectivity index (χ0) is 20.7. The van der Waals surface area contributed by atoms with Crippen molar-refractivity contribution < 1.29 is 30.2 Å². The molecule has 5 atom stereocenters. The molecular weight excluding hydrogens is 369 g/mol. The molecule has 0 bridgehead atoms. The highest BCUT2D eigenvalue weighted by molar-refractivity contribution is 7.71. The van der Waals surface area contributed by atoms with Crippen LogP contribution in [0, 0.1) is 17.5 Å². The molecule has 9 nitrogen and oxygen atoms in total. The third-order valence-corrected chi connectivity index (χ3v) is 4.45. The highest BCUT2D eigenvalue weighted by atomic mass is 32.1. The molecule has 1 aliphatic rings. The molecule has 146 valence electrons. The number of nitrogens with zero attached hydrogens (tertiary/aromatic N) is 1.